The van der Waals surface area contributed by atoms with Crippen molar-refractivity contribution in [2.75, 3.05) is 32.0 Å². The van der Waals surface area contributed by atoms with E-state index in [0.29, 0.717) is 11.9 Å². The van der Waals surface area contributed by atoms with Crippen molar-refractivity contribution in [3.05, 3.63) is 42.9 Å². The molecule has 130 valence electrons. The van der Waals surface area contributed by atoms with Crippen LogP contribution in [0.2, 0.25) is 0 Å². The lowest BCUT2D eigenvalue weighted by molar-refractivity contribution is 0.150. The summed E-state index contributed by atoms with van der Waals surface area (Å²) in [5, 5.41) is 10.1. The maximum Gasteiger partial charge on any atom is 0.146 e. The Bertz CT molecular complexity index is 853. The van der Waals surface area contributed by atoms with Gasteiger partial charge in [0.05, 0.1) is 12.0 Å². The van der Waals surface area contributed by atoms with Crippen molar-refractivity contribution in [2.45, 2.75) is 18.9 Å². The second kappa shape index (κ2) is 6.82. The fraction of sp³-hybridized carbons (Fsp3) is 0.368. The van der Waals surface area contributed by atoms with Crippen molar-refractivity contribution < 1.29 is 5.11 Å². The lowest BCUT2D eigenvalue weighted by Gasteiger charge is -2.32. The fourth-order valence-corrected chi connectivity index (χ4v) is 3.79. The number of aliphatic hydroxyl groups is 1. The normalized spacial score (nSPS) is 16.5. The zero-order chi connectivity index (χ0) is 17.2. The van der Waals surface area contributed by atoms with E-state index in [-0.39, 0.29) is 6.61 Å². The number of anilines is 1. The molecule has 0 aliphatic carbocycles. The number of likely N-dealkylation sites (tertiary alicyclic amines) is 1. The van der Waals surface area contributed by atoms with E-state index >= 15 is 0 Å². The van der Waals surface area contributed by atoms with E-state index in [2.05, 4.69) is 37.8 Å². The first-order valence-electron chi connectivity index (χ1n) is 8.77. The number of aliphatic hydroxyl groups excluding tert-OH is 1. The van der Waals surface area contributed by atoms with Crippen LogP contribution >= 0.6 is 0 Å². The third-order valence-corrected chi connectivity index (χ3v) is 5.09. The SMILES string of the molecule is Nc1ncnc2c1c(-c1ccccc1)cn2C1CCN(CCO)CC1. The number of hydrogen-bond donors (Lipinski definition) is 2. The molecule has 0 atom stereocenters. The highest BCUT2D eigenvalue weighted by atomic mass is 16.3. The molecule has 1 saturated heterocycles. The van der Waals surface area contributed by atoms with Gasteiger partial charge in [-0.25, -0.2) is 9.97 Å². The largest absolute Gasteiger partial charge is 0.395 e. The van der Waals surface area contributed by atoms with Crippen LogP contribution in [0.4, 0.5) is 5.82 Å². The number of nitrogen functional groups attached to an aromatic ring is 1. The van der Waals surface area contributed by atoms with Crippen LogP contribution in [-0.4, -0.2) is 50.8 Å². The molecule has 1 aromatic carbocycles. The van der Waals surface area contributed by atoms with Gasteiger partial charge in [-0.2, -0.15) is 0 Å². The number of β-amino-alcohol motifs (C(OH)–C–C–N with tert-alkyl or cyclic N) is 1. The molecule has 3 heterocycles. The highest BCUT2D eigenvalue weighted by molar-refractivity contribution is 6.00. The Morgan fingerprint density at radius 3 is 2.60 bits per heavy atom. The van der Waals surface area contributed by atoms with Crippen molar-refractivity contribution in [3.63, 3.8) is 0 Å². The molecule has 1 aliphatic heterocycles. The van der Waals surface area contributed by atoms with Gasteiger partial charge in [0, 0.05) is 37.4 Å². The van der Waals surface area contributed by atoms with E-state index < -0.39 is 0 Å². The van der Waals surface area contributed by atoms with Crippen LogP contribution in [-0.2, 0) is 0 Å². The van der Waals surface area contributed by atoms with E-state index in [4.69, 9.17) is 10.8 Å². The van der Waals surface area contributed by atoms with Gasteiger partial charge in [-0.3, -0.25) is 0 Å². The zero-order valence-corrected chi connectivity index (χ0v) is 14.2. The lowest BCUT2D eigenvalue weighted by atomic mass is 10.0. The molecular formula is C19H23N5O. The highest BCUT2D eigenvalue weighted by Crippen LogP contribution is 2.36. The zero-order valence-electron chi connectivity index (χ0n) is 14.2. The van der Waals surface area contributed by atoms with E-state index in [1.54, 1.807) is 6.33 Å². The third-order valence-electron chi connectivity index (χ3n) is 5.09. The van der Waals surface area contributed by atoms with E-state index in [1.165, 1.54) is 0 Å². The Morgan fingerprint density at radius 2 is 1.88 bits per heavy atom. The van der Waals surface area contributed by atoms with Gasteiger partial charge in [0.25, 0.3) is 0 Å². The molecule has 3 aromatic rings. The number of hydrogen-bond acceptors (Lipinski definition) is 5. The van der Waals surface area contributed by atoms with Gasteiger partial charge in [-0.05, 0) is 18.4 Å². The molecule has 3 N–H and O–H groups in total. The van der Waals surface area contributed by atoms with Crippen LogP contribution in [0.5, 0.6) is 0 Å². The number of piperidine rings is 1. The molecule has 0 spiro atoms. The van der Waals surface area contributed by atoms with Crippen molar-refractivity contribution in [2.24, 2.45) is 0 Å². The van der Waals surface area contributed by atoms with E-state index in [0.717, 1.165) is 54.6 Å². The first kappa shape index (κ1) is 16.1. The lowest BCUT2D eigenvalue weighted by Crippen LogP contribution is -2.36. The summed E-state index contributed by atoms with van der Waals surface area (Å²) in [5.41, 5.74) is 9.33. The van der Waals surface area contributed by atoms with Crippen LogP contribution in [0.15, 0.2) is 42.9 Å². The number of fused-ring (bicyclic) bond motifs is 1. The average molecular weight is 337 g/mol. The summed E-state index contributed by atoms with van der Waals surface area (Å²) in [7, 11) is 0. The minimum Gasteiger partial charge on any atom is -0.395 e. The molecule has 0 amide bonds. The second-order valence-electron chi connectivity index (χ2n) is 6.57. The number of nitrogens with two attached hydrogens (primary N) is 1. The van der Waals surface area contributed by atoms with Crippen molar-refractivity contribution in [1.29, 1.82) is 0 Å². The van der Waals surface area contributed by atoms with Gasteiger partial charge in [-0.1, -0.05) is 30.3 Å². The van der Waals surface area contributed by atoms with Crippen LogP contribution in [0.3, 0.4) is 0 Å². The summed E-state index contributed by atoms with van der Waals surface area (Å²) in [6, 6.07) is 10.7. The Kier molecular flexibility index (Phi) is 4.38. The minimum atomic E-state index is 0.221. The van der Waals surface area contributed by atoms with Crippen molar-refractivity contribution in [1.82, 2.24) is 19.4 Å². The molecular weight excluding hydrogens is 314 g/mol. The molecule has 6 heteroatoms. The standard InChI is InChI=1S/C19H23N5O/c20-18-17-16(14-4-2-1-3-5-14)12-24(19(17)22-13-21-18)15-6-8-23(9-7-15)10-11-25/h1-5,12-13,15,25H,6-11H2,(H2,20,21,22). The first-order valence-corrected chi connectivity index (χ1v) is 8.77. The minimum absolute atomic E-state index is 0.221. The summed E-state index contributed by atoms with van der Waals surface area (Å²) in [6.07, 6.45) is 5.81. The van der Waals surface area contributed by atoms with Gasteiger partial charge in [0.2, 0.25) is 0 Å². The summed E-state index contributed by atoms with van der Waals surface area (Å²) >= 11 is 0. The van der Waals surface area contributed by atoms with Crippen LogP contribution in [0.1, 0.15) is 18.9 Å². The molecule has 2 aromatic heterocycles. The van der Waals surface area contributed by atoms with Gasteiger partial charge in [-0.15, -0.1) is 0 Å². The maximum absolute atomic E-state index is 9.12. The summed E-state index contributed by atoms with van der Waals surface area (Å²) in [5.74, 6) is 0.528. The Morgan fingerprint density at radius 1 is 1.12 bits per heavy atom. The van der Waals surface area contributed by atoms with Crippen LogP contribution in [0, 0.1) is 0 Å². The van der Waals surface area contributed by atoms with E-state index in [9.17, 15) is 0 Å². The molecule has 0 radical (unpaired) electrons. The van der Waals surface area contributed by atoms with Crippen molar-refractivity contribution >= 4 is 16.9 Å². The molecule has 0 bridgehead atoms. The Labute approximate surface area is 146 Å². The summed E-state index contributed by atoms with van der Waals surface area (Å²) in [4.78, 5) is 11.1. The number of aromatic nitrogens is 3. The molecule has 0 saturated carbocycles. The summed E-state index contributed by atoms with van der Waals surface area (Å²) < 4.78 is 2.27. The molecule has 25 heavy (non-hydrogen) atoms. The first-order chi connectivity index (χ1) is 12.3. The molecule has 1 fully saturated rings. The third kappa shape index (κ3) is 2.99. The predicted molar refractivity (Wildman–Crippen MR) is 99.2 cm³/mol. The monoisotopic (exact) mass is 337 g/mol. The number of rotatable bonds is 4. The fourth-order valence-electron chi connectivity index (χ4n) is 3.79. The smallest absolute Gasteiger partial charge is 0.146 e. The van der Waals surface area contributed by atoms with Crippen LogP contribution in [0.25, 0.3) is 22.2 Å². The van der Waals surface area contributed by atoms with Gasteiger partial charge < -0.3 is 20.3 Å². The second-order valence-corrected chi connectivity index (χ2v) is 6.57. The molecule has 0 unspecified atom stereocenters. The van der Waals surface area contributed by atoms with Crippen LogP contribution < -0.4 is 5.73 Å². The Balaban J connectivity index is 1.74. The maximum atomic E-state index is 9.12. The average Bonchev–Trinajstić information content (AvgIpc) is 3.04. The predicted octanol–water partition coefficient (Wildman–Crippen LogP) is 2.31. The van der Waals surface area contributed by atoms with Gasteiger partial charge >= 0.3 is 0 Å². The highest BCUT2D eigenvalue weighted by Gasteiger charge is 2.24. The van der Waals surface area contributed by atoms with Gasteiger partial charge in [0.1, 0.15) is 17.8 Å². The topological polar surface area (TPSA) is 80.2 Å². The molecule has 4 rings (SSSR count). The van der Waals surface area contributed by atoms with E-state index in [1.807, 2.05) is 18.2 Å². The molecule has 6 nitrogen and oxygen atoms in total. The Hall–Kier alpha value is -2.44. The quantitative estimate of drug-likeness (QED) is 0.764. The molecule has 1 aliphatic rings. The number of benzene rings is 1. The summed E-state index contributed by atoms with van der Waals surface area (Å²) in [6.45, 7) is 2.96. The van der Waals surface area contributed by atoms with Crippen molar-refractivity contribution in [3.8, 4) is 11.1 Å². The number of nitrogens with zero attached hydrogens (tertiary/aromatic N) is 4. The van der Waals surface area contributed by atoms with Gasteiger partial charge in [0.15, 0.2) is 0 Å².